The molecule has 2 aromatic carbocycles. The van der Waals surface area contributed by atoms with Crippen LogP contribution in [0.4, 0.5) is 10.1 Å². The third-order valence-corrected chi connectivity index (χ3v) is 5.38. The summed E-state index contributed by atoms with van der Waals surface area (Å²) in [7, 11) is 0. The highest BCUT2D eigenvalue weighted by molar-refractivity contribution is 6.15. The first-order chi connectivity index (χ1) is 14.4. The van der Waals surface area contributed by atoms with Gasteiger partial charge >= 0.3 is 5.69 Å². The van der Waals surface area contributed by atoms with Gasteiger partial charge in [0.25, 0.3) is 0 Å². The third kappa shape index (κ3) is 4.20. The Morgan fingerprint density at radius 1 is 1.06 bits per heavy atom. The number of aryl methyl sites for hydroxylation is 1. The van der Waals surface area contributed by atoms with Crippen LogP contribution in [-0.2, 0) is 20.7 Å². The fourth-order valence-corrected chi connectivity index (χ4v) is 3.91. The van der Waals surface area contributed by atoms with E-state index in [1.54, 1.807) is 45.9 Å². The van der Waals surface area contributed by atoms with E-state index in [1.807, 2.05) is 6.92 Å². The molecule has 1 aliphatic heterocycles. The second-order valence-corrected chi connectivity index (χ2v) is 8.47. The summed E-state index contributed by atoms with van der Waals surface area (Å²) in [6.07, 6.45) is 0.561. The van der Waals surface area contributed by atoms with E-state index in [0.29, 0.717) is 12.0 Å². The lowest BCUT2D eigenvalue weighted by Crippen LogP contribution is -2.58. The lowest BCUT2D eigenvalue weighted by Gasteiger charge is -2.43. The van der Waals surface area contributed by atoms with Crippen LogP contribution in [0.2, 0.25) is 0 Å². The van der Waals surface area contributed by atoms with Crippen LogP contribution in [0.25, 0.3) is 0 Å². The van der Waals surface area contributed by atoms with Gasteiger partial charge in [-0.25, -0.2) is 4.39 Å². The number of halogens is 1. The average Bonchev–Trinajstić information content (AvgIpc) is 2.67. The summed E-state index contributed by atoms with van der Waals surface area (Å²) < 4.78 is 24.9. The zero-order valence-electron chi connectivity index (χ0n) is 18.0. The topological polar surface area (TPSA) is 95.7 Å². The monoisotopic (exact) mass is 429 g/mol. The second-order valence-electron chi connectivity index (χ2n) is 8.47. The maximum absolute atomic E-state index is 13.4. The van der Waals surface area contributed by atoms with Crippen molar-refractivity contribution in [2.24, 2.45) is 0 Å². The van der Waals surface area contributed by atoms with Crippen molar-refractivity contribution in [2.45, 2.75) is 58.2 Å². The van der Waals surface area contributed by atoms with Gasteiger partial charge in [0.15, 0.2) is 11.6 Å². The Kier molecular flexibility index (Phi) is 5.71. The van der Waals surface area contributed by atoms with Crippen molar-refractivity contribution in [3.8, 4) is 11.5 Å². The molecule has 0 aromatic heterocycles. The summed E-state index contributed by atoms with van der Waals surface area (Å²) in [6, 6.07) is 7.85. The molecule has 164 valence electrons. The van der Waals surface area contributed by atoms with Crippen LogP contribution in [-0.4, -0.2) is 27.7 Å². The minimum absolute atomic E-state index is 0.146. The molecule has 8 heteroatoms. The number of hydrogen-bond donors (Lipinski definition) is 0. The molecule has 0 saturated carbocycles. The zero-order valence-corrected chi connectivity index (χ0v) is 18.0. The molecule has 0 aliphatic carbocycles. The standard InChI is InChI=1S/C23H24FNO6/c1-6-13-7-9-15(30-18-10-8-14(24)11-17(18)25(28)29)12-16(13)19-20(26)22(2,3)31-23(4,5)21(19)27/h7-12,19H,6H2,1-5H3. The van der Waals surface area contributed by atoms with Gasteiger partial charge in [-0.15, -0.1) is 0 Å². The van der Waals surface area contributed by atoms with Crippen molar-refractivity contribution in [2.75, 3.05) is 0 Å². The summed E-state index contributed by atoms with van der Waals surface area (Å²) in [4.78, 5) is 36.8. The Labute approximate surface area is 179 Å². The number of nitro groups is 1. The van der Waals surface area contributed by atoms with Crippen LogP contribution < -0.4 is 4.74 Å². The minimum Gasteiger partial charge on any atom is -0.450 e. The Morgan fingerprint density at radius 2 is 1.68 bits per heavy atom. The van der Waals surface area contributed by atoms with Gasteiger partial charge in [-0.3, -0.25) is 19.7 Å². The van der Waals surface area contributed by atoms with Crippen LogP contribution in [0.3, 0.4) is 0 Å². The number of carbonyl (C=O) groups excluding carboxylic acids is 2. The molecule has 0 N–H and O–H groups in total. The molecule has 0 bridgehead atoms. The number of rotatable bonds is 5. The Hall–Kier alpha value is -3.13. The number of carbonyl (C=O) groups is 2. The highest BCUT2D eigenvalue weighted by Gasteiger charge is 2.53. The van der Waals surface area contributed by atoms with Crippen molar-refractivity contribution in [1.29, 1.82) is 0 Å². The molecule has 1 fully saturated rings. The van der Waals surface area contributed by atoms with Crippen molar-refractivity contribution in [1.82, 2.24) is 0 Å². The molecule has 7 nitrogen and oxygen atoms in total. The molecule has 2 aromatic rings. The van der Waals surface area contributed by atoms with Gasteiger partial charge in [-0.2, -0.15) is 0 Å². The fourth-order valence-electron chi connectivity index (χ4n) is 3.91. The van der Waals surface area contributed by atoms with Gasteiger partial charge in [0.1, 0.15) is 28.7 Å². The number of Topliss-reactive ketones (excluding diaryl/α,β-unsaturated/α-hetero) is 2. The van der Waals surface area contributed by atoms with Crippen molar-refractivity contribution >= 4 is 17.3 Å². The molecule has 1 aliphatic rings. The van der Waals surface area contributed by atoms with E-state index in [2.05, 4.69) is 0 Å². The summed E-state index contributed by atoms with van der Waals surface area (Å²) in [5, 5.41) is 11.3. The smallest absolute Gasteiger partial charge is 0.314 e. The molecule has 0 spiro atoms. The first-order valence-corrected chi connectivity index (χ1v) is 9.91. The third-order valence-electron chi connectivity index (χ3n) is 5.38. The Morgan fingerprint density at radius 3 is 2.23 bits per heavy atom. The maximum atomic E-state index is 13.4. The molecule has 1 saturated heterocycles. The second kappa shape index (κ2) is 7.85. The van der Waals surface area contributed by atoms with Crippen molar-refractivity contribution in [3.05, 3.63) is 63.5 Å². The minimum atomic E-state index is -1.17. The Bertz CT molecular complexity index is 1050. The lowest BCUT2D eigenvalue weighted by atomic mass is 9.73. The van der Waals surface area contributed by atoms with Crippen LogP contribution in [0.5, 0.6) is 11.5 Å². The van der Waals surface area contributed by atoms with E-state index in [-0.39, 0.29) is 23.1 Å². The molecular formula is C23H24FNO6. The lowest BCUT2D eigenvalue weighted by molar-refractivity contribution is -0.385. The first-order valence-electron chi connectivity index (χ1n) is 9.91. The van der Waals surface area contributed by atoms with E-state index >= 15 is 0 Å². The van der Waals surface area contributed by atoms with Crippen LogP contribution in [0.1, 0.15) is 51.7 Å². The highest BCUT2D eigenvalue weighted by Crippen LogP contribution is 2.41. The van der Waals surface area contributed by atoms with E-state index < -0.39 is 33.5 Å². The zero-order chi connectivity index (χ0) is 23.1. The summed E-state index contributed by atoms with van der Waals surface area (Å²) >= 11 is 0. The number of nitrogens with zero attached hydrogens (tertiary/aromatic N) is 1. The molecule has 3 rings (SSSR count). The number of ether oxygens (including phenoxy) is 2. The quantitative estimate of drug-likeness (QED) is 0.381. The molecule has 1 heterocycles. The maximum Gasteiger partial charge on any atom is 0.314 e. The van der Waals surface area contributed by atoms with E-state index in [4.69, 9.17) is 9.47 Å². The van der Waals surface area contributed by atoms with Gasteiger partial charge in [0.05, 0.1) is 11.0 Å². The molecule has 0 amide bonds. The van der Waals surface area contributed by atoms with Crippen molar-refractivity contribution in [3.63, 3.8) is 0 Å². The van der Waals surface area contributed by atoms with Gasteiger partial charge in [0.2, 0.25) is 5.75 Å². The van der Waals surface area contributed by atoms with Gasteiger partial charge in [-0.1, -0.05) is 13.0 Å². The SMILES string of the molecule is CCc1ccc(Oc2ccc(F)cc2[N+](=O)[O-])cc1C1C(=O)C(C)(C)OC(C)(C)C1=O. The number of benzene rings is 2. The normalized spacial score (nSPS) is 18.1. The number of ketones is 2. The van der Waals surface area contributed by atoms with Gasteiger partial charge in [-0.05, 0) is 69.5 Å². The summed E-state index contributed by atoms with van der Waals surface area (Å²) in [5.41, 5.74) is -1.61. The number of hydrogen-bond acceptors (Lipinski definition) is 6. The fraction of sp³-hybridized carbons (Fsp3) is 0.391. The first kappa shape index (κ1) is 22.6. The van der Waals surface area contributed by atoms with E-state index in [0.717, 1.165) is 23.8 Å². The predicted octanol–water partition coefficient (Wildman–Crippen LogP) is 4.90. The molecule has 0 radical (unpaired) electrons. The Balaban J connectivity index is 2.09. The number of nitro benzene ring substituents is 1. The van der Waals surface area contributed by atoms with Crippen LogP contribution >= 0.6 is 0 Å². The largest absolute Gasteiger partial charge is 0.450 e. The average molecular weight is 429 g/mol. The molecule has 31 heavy (non-hydrogen) atoms. The van der Waals surface area contributed by atoms with Gasteiger partial charge in [0, 0.05) is 0 Å². The van der Waals surface area contributed by atoms with Crippen LogP contribution in [0.15, 0.2) is 36.4 Å². The van der Waals surface area contributed by atoms with E-state index in [1.165, 1.54) is 0 Å². The molecular weight excluding hydrogens is 405 g/mol. The molecule has 0 atom stereocenters. The van der Waals surface area contributed by atoms with Crippen molar-refractivity contribution < 1.29 is 28.4 Å². The predicted molar refractivity (Wildman–Crippen MR) is 111 cm³/mol. The van der Waals surface area contributed by atoms with E-state index in [9.17, 15) is 24.1 Å². The van der Waals surface area contributed by atoms with Gasteiger partial charge < -0.3 is 9.47 Å². The molecule has 0 unspecified atom stereocenters. The highest BCUT2D eigenvalue weighted by atomic mass is 19.1. The van der Waals surface area contributed by atoms with Crippen LogP contribution in [0, 0.1) is 15.9 Å². The summed E-state index contributed by atoms with van der Waals surface area (Å²) in [5.74, 6) is -2.49. The summed E-state index contributed by atoms with van der Waals surface area (Å²) in [6.45, 7) is 8.41.